The molecule has 4 heteroatoms. The smallest absolute Gasteiger partial charge is 0.296 e. The highest BCUT2D eigenvalue weighted by molar-refractivity contribution is 5.80. The van der Waals surface area contributed by atoms with Crippen LogP contribution in [0.25, 0.3) is 22.5 Å². The molecular formula is C15H12N2O2. The Morgan fingerprint density at radius 3 is 2.53 bits per heavy atom. The van der Waals surface area contributed by atoms with Crippen LogP contribution in [0.2, 0.25) is 0 Å². The van der Waals surface area contributed by atoms with Crippen LogP contribution in [0.4, 0.5) is 0 Å². The standard InChI is InChI=1S/C15H12N2O2/c1-10-7-8-12(11-5-3-2-4-6-11)13(9-10)14-16-15(18)19-17-14/h2-9H,1H3,(H,16,17,18). The van der Waals surface area contributed by atoms with Gasteiger partial charge in [0, 0.05) is 5.56 Å². The lowest BCUT2D eigenvalue weighted by atomic mass is 9.97. The van der Waals surface area contributed by atoms with Crippen molar-refractivity contribution >= 4 is 0 Å². The van der Waals surface area contributed by atoms with Gasteiger partial charge in [0.2, 0.25) is 0 Å². The van der Waals surface area contributed by atoms with Gasteiger partial charge in [0.1, 0.15) is 0 Å². The molecular weight excluding hydrogens is 240 g/mol. The summed E-state index contributed by atoms with van der Waals surface area (Å²) in [6.07, 6.45) is 0. The lowest BCUT2D eigenvalue weighted by Crippen LogP contribution is -1.96. The fraction of sp³-hybridized carbons (Fsp3) is 0.0667. The number of aromatic amines is 1. The van der Waals surface area contributed by atoms with E-state index >= 15 is 0 Å². The van der Waals surface area contributed by atoms with E-state index in [0.29, 0.717) is 5.82 Å². The molecule has 19 heavy (non-hydrogen) atoms. The van der Waals surface area contributed by atoms with E-state index in [4.69, 9.17) is 0 Å². The summed E-state index contributed by atoms with van der Waals surface area (Å²) in [4.78, 5) is 13.7. The zero-order valence-corrected chi connectivity index (χ0v) is 10.4. The third kappa shape index (κ3) is 2.20. The van der Waals surface area contributed by atoms with Crippen LogP contribution in [0, 0.1) is 6.92 Å². The second-order valence-electron chi connectivity index (χ2n) is 4.36. The highest BCUT2D eigenvalue weighted by Gasteiger charge is 2.11. The molecule has 0 atom stereocenters. The monoisotopic (exact) mass is 252 g/mol. The van der Waals surface area contributed by atoms with Crippen molar-refractivity contribution in [3.05, 3.63) is 64.6 Å². The molecule has 0 bridgehead atoms. The van der Waals surface area contributed by atoms with Crippen LogP contribution in [-0.2, 0) is 0 Å². The molecule has 0 fully saturated rings. The molecule has 0 spiro atoms. The number of nitrogens with zero attached hydrogens (tertiary/aromatic N) is 1. The summed E-state index contributed by atoms with van der Waals surface area (Å²) in [7, 11) is 0. The van der Waals surface area contributed by atoms with Crippen LogP contribution in [0.1, 0.15) is 5.56 Å². The van der Waals surface area contributed by atoms with Gasteiger partial charge in [-0.15, -0.1) is 0 Å². The van der Waals surface area contributed by atoms with Crippen molar-refractivity contribution in [1.82, 2.24) is 10.1 Å². The Hall–Kier alpha value is -2.62. The maximum atomic E-state index is 11.1. The Kier molecular flexibility index (Phi) is 2.76. The van der Waals surface area contributed by atoms with Crippen molar-refractivity contribution in [2.45, 2.75) is 6.92 Å². The minimum Gasteiger partial charge on any atom is -0.296 e. The summed E-state index contributed by atoms with van der Waals surface area (Å²) in [6.45, 7) is 2.00. The van der Waals surface area contributed by atoms with E-state index < -0.39 is 5.76 Å². The Bertz CT molecular complexity index is 757. The molecule has 3 aromatic rings. The average Bonchev–Trinajstić information content (AvgIpc) is 2.86. The Labute approximate surface area is 109 Å². The van der Waals surface area contributed by atoms with E-state index in [0.717, 1.165) is 22.3 Å². The molecule has 0 saturated carbocycles. The molecule has 0 radical (unpaired) electrons. The van der Waals surface area contributed by atoms with Crippen molar-refractivity contribution in [2.24, 2.45) is 0 Å². The van der Waals surface area contributed by atoms with Crippen LogP contribution in [0.5, 0.6) is 0 Å². The number of aryl methyl sites for hydroxylation is 1. The fourth-order valence-corrected chi connectivity index (χ4v) is 2.07. The molecule has 1 N–H and O–H groups in total. The second-order valence-corrected chi connectivity index (χ2v) is 4.36. The van der Waals surface area contributed by atoms with E-state index in [-0.39, 0.29) is 0 Å². The molecule has 1 aromatic heterocycles. The molecule has 0 aliphatic rings. The number of nitrogens with one attached hydrogen (secondary N) is 1. The van der Waals surface area contributed by atoms with Gasteiger partial charge in [-0.1, -0.05) is 53.2 Å². The Morgan fingerprint density at radius 2 is 1.84 bits per heavy atom. The molecule has 0 aliphatic heterocycles. The largest absolute Gasteiger partial charge is 0.439 e. The van der Waals surface area contributed by atoms with Gasteiger partial charge in [0.15, 0.2) is 5.82 Å². The number of benzene rings is 2. The molecule has 0 amide bonds. The molecule has 0 saturated heterocycles. The molecule has 2 aromatic carbocycles. The highest BCUT2D eigenvalue weighted by Crippen LogP contribution is 2.30. The van der Waals surface area contributed by atoms with E-state index in [1.807, 2.05) is 55.5 Å². The van der Waals surface area contributed by atoms with Crippen molar-refractivity contribution in [2.75, 3.05) is 0 Å². The zero-order valence-electron chi connectivity index (χ0n) is 10.4. The first kappa shape index (κ1) is 11.5. The third-order valence-electron chi connectivity index (χ3n) is 2.96. The van der Waals surface area contributed by atoms with Crippen LogP contribution < -0.4 is 5.76 Å². The molecule has 0 aliphatic carbocycles. The highest BCUT2D eigenvalue weighted by atomic mass is 16.5. The summed E-state index contributed by atoms with van der Waals surface area (Å²) >= 11 is 0. The first-order chi connectivity index (χ1) is 9.24. The normalized spacial score (nSPS) is 10.6. The summed E-state index contributed by atoms with van der Waals surface area (Å²) in [5.41, 5.74) is 4.03. The van der Waals surface area contributed by atoms with Gasteiger partial charge in [-0.05, 0) is 24.1 Å². The predicted octanol–water partition coefficient (Wildman–Crippen LogP) is 3.01. The van der Waals surface area contributed by atoms with Gasteiger partial charge in [0.05, 0.1) is 0 Å². The quantitative estimate of drug-likeness (QED) is 0.762. The maximum absolute atomic E-state index is 11.1. The van der Waals surface area contributed by atoms with E-state index in [2.05, 4.69) is 14.7 Å². The molecule has 1 heterocycles. The predicted molar refractivity (Wildman–Crippen MR) is 72.7 cm³/mol. The van der Waals surface area contributed by atoms with Crippen molar-refractivity contribution in [3.8, 4) is 22.5 Å². The first-order valence-corrected chi connectivity index (χ1v) is 5.96. The summed E-state index contributed by atoms with van der Waals surface area (Å²) in [6, 6.07) is 16.0. The number of H-pyrrole nitrogens is 1. The fourth-order valence-electron chi connectivity index (χ4n) is 2.07. The van der Waals surface area contributed by atoms with Gasteiger partial charge in [0.25, 0.3) is 0 Å². The Balaban J connectivity index is 2.23. The van der Waals surface area contributed by atoms with Gasteiger partial charge < -0.3 is 0 Å². The summed E-state index contributed by atoms with van der Waals surface area (Å²) in [5, 5.41) is 3.77. The van der Waals surface area contributed by atoms with E-state index in [9.17, 15) is 4.79 Å². The maximum Gasteiger partial charge on any atom is 0.439 e. The van der Waals surface area contributed by atoms with Crippen molar-refractivity contribution < 1.29 is 4.52 Å². The van der Waals surface area contributed by atoms with E-state index in [1.54, 1.807) is 0 Å². The molecule has 0 unspecified atom stereocenters. The molecule has 3 rings (SSSR count). The average molecular weight is 252 g/mol. The van der Waals surface area contributed by atoms with Crippen molar-refractivity contribution in [3.63, 3.8) is 0 Å². The number of rotatable bonds is 2. The molecule has 94 valence electrons. The van der Waals surface area contributed by atoms with Crippen LogP contribution >= 0.6 is 0 Å². The van der Waals surface area contributed by atoms with Gasteiger partial charge >= 0.3 is 5.76 Å². The molecule has 4 nitrogen and oxygen atoms in total. The minimum atomic E-state index is -0.546. The van der Waals surface area contributed by atoms with Crippen LogP contribution in [0.15, 0.2) is 57.8 Å². The van der Waals surface area contributed by atoms with Crippen LogP contribution in [-0.4, -0.2) is 10.1 Å². The summed E-state index contributed by atoms with van der Waals surface area (Å²) < 4.78 is 4.59. The minimum absolute atomic E-state index is 0.451. The zero-order chi connectivity index (χ0) is 13.2. The third-order valence-corrected chi connectivity index (χ3v) is 2.96. The van der Waals surface area contributed by atoms with E-state index in [1.165, 1.54) is 0 Å². The van der Waals surface area contributed by atoms with Gasteiger partial charge in [-0.3, -0.25) is 9.51 Å². The topological polar surface area (TPSA) is 58.9 Å². The first-order valence-electron chi connectivity index (χ1n) is 5.96. The van der Waals surface area contributed by atoms with Crippen molar-refractivity contribution in [1.29, 1.82) is 0 Å². The Morgan fingerprint density at radius 1 is 1.05 bits per heavy atom. The van der Waals surface area contributed by atoms with Crippen LogP contribution in [0.3, 0.4) is 0 Å². The number of aromatic nitrogens is 2. The number of hydrogen-bond acceptors (Lipinski definition) is 3. The number of hydrogen-bond donors (Lipinski definition) is 1. The lowest BCUT2D eigenvalue weighted by Gasteiger charge is -2.08. The summed E-state index contributed by atoms with van der Waals surface area (Å²) in [5.74, 6) is -0.0944. The lowest BCUT2D eigenvalue weighted by molar-refractivity contribution is 0.388. The van der Waals surface area contributed by atoms with Gasteiger partial charge in [-0.2, -0.15) is 0 Å². The van der Waals surface area contributed by atoms with Gasteiger partial charge in [-0.25, -0.2) is 4.79 Å². The second kappa shape index (κ2) is 4.57. The SMILES string of the molecule is Cc1ccc(-c2ccccc2)c(-c2noc(=O)[nH]2)c1.